The van der Waals surface area contributed by atoms with Gasteiger partial charge in [0.1, 0.15) is 0 Å². The summed E-state index contributed by atoms with van der Waals surface area (Å²) in [6.45, 7) is 3.92. The summed E-state index contributed by atoms with van der Waals surface area (Å²) in [4.78, 5) is 0. The van der Waals surface area contributed by atoms with E-state index in [0.29, 0.717) is 0 Å². The van der Waals surface area contributed by atoms with Gasteiger partial charge < -0.3 is 0 Å². The van der Waals surface area contributed by atoms with Crippen molar-refractivity contribution in [3.8, 4) is 11.8 Å². The maximum absolute atomic E-state index is 4.64. The zero-order chi connectivity index (χ0) is 9.40. The van der Waals surface area contributed by atoms with E-state index < -0.39 is 0 Å². The summed E-state index contributed by atoms with van der Waals surface area (Å²) in [5.41, 5.74) is 2.37. The van der Waals surface area contributed by atoms with Gasteiger partial charge in [0.15, 0.2) is 0 Å². The molecule has 0 aliphatic rings. The van der Waals surface area contributed by atoms with E-state index >= 15 is 0 Å². The molecule has 1 rings (SSSR count). The summed E-state index contributed by atoms with van der Waals surface area (Å²) in [6.07, 6.45) is 1.47. The van der Waals surface area contributed by atoms with Crippen molar-refractivity contribution in [2.45, 2.75) is 13.8 Å². The molecule has 64 valence electrons. The minimum atomic E-state index is 1.09. The molecule has 0 saturated heterocycles. The van der Waals surface area contributed by atoms with Crippen LogP contribution in [0.15, 0.2) is 24.3 Å². The van der Waals surface area contributed by atoms with Crippen LogP contribution < -0.4 is 0 Å². The van der Waals surface area contributed by atoms with Gasteiger partial charge in [0.05, 0.1) is 0 Å². The van der Waals surface area contributed by atoms with Crippen LogP contribution in [0.5, 0.6) is 0 Å². The molecule has 0 aliphatic heterocycles. The smallest absolute Gasteiger partial charge is 0.0245 e. The lowest BCUT2D eigenvalue weighted by atomic mass is 10.2. The molecule has 1 heteroatoms. The molecule has 0 N–H and O–H groups in total. The Kier molecular flexibility index (Phi) is 6.24. The number of rotatable bonds is 0. The third-order valence-electron chi connectivity index (χ3n) is 1.32. The largest absolute Gasteiger partial charge is 0.130 e. The van der Waals surface area contributed by atoms with Gasteiger partial charge in [-0.3, -0.25) is 0 Å². The highest BCUT2D eigenvalue weighted by Crippen LogP contribution is 2.00. The number of hydrogen-bond donors (Lipinski definition) is 0. The van der Waals surface area contributed by atoms with Gasteiger partial charge in [-0.25, -0.2) is 0 Å². The van der Waals surface area contributed by atoms with Gasteiger partial charge in [-0.2, -0.15) is 0 Å². The summed E-state index contributed by atoms with van der Waals surface area (Å²) in [5, 5.41) is 0. The van der Waals surface area contributed by atoms with Crippen molar-refractivity contribution in [2.24, 2.45) is 0 Å². The van der Waals surface area contributed by atoms with Crippen molar-refractivity contribution < 1.29 is 0 Å². The second-order valence-corrected chi connectivity index (χ2v) is 2.24. The molecule has 0 atom stereocenters. The normalized spacial score (nSPS) is 7.33. The molecule has 0 aromatic heterocycles. The van der Waals surface area contributed by atoms with Gasteiger partial charge in [0, 0.05) is 11.9 Å². The fraction of sp³-hybridized carbons (Fsp3) is 0.273. The van der Waals surface area contributed by atoms with Crippen LogP contribution in [-0.4, -0.2) is 6.38 Å². The molecule has 0 saturated carbocycles. The zero-order valence-electron chi connectivity index (χ0n) is 7.69. The third kappa shape index (κ3) is 4.05. The highest BCUT2D eigenvalue weighted by atomic mass is 35.5. The predicted octanol–water partition coefficient (Wildman–Crippen LogP) is 3.22. The van der Waals surface area contributed by atoms with E-state index in [4.69, 9.17) is 0 Å². The molecular weight excluding hydrogens is 168 g/mol. The van der Waals surface area contributed by atoms with Gasteiger partial charge in [-0.05, 0) is 26.0 Å². The van der Waals surface area contributed by atoms with E-state index in [9.17, 15) is 0 Å². The SMILES string of the molecule is CC#Cc1ccc(C)cc1.CCl. The summed E-state index contributed by atoms with van der Waals surface area (Å²) in [6, 6.07) is 8.21. The van der Waals surface area contributed by atoms with Crippen molar-refractivity contribution in [1.82, 2.24) is 0 Å². The van der Waals surface area contributed by atoms with Crippen LogP contribution in [-0.2, 0) is 0 Å². The Balaban J connectivity index is 0.000000561. The van der Waals surface area contributed by atoms with Crippen molar-refractivity contribution in [3.05, 3.63) is 35.4 Å². The molecule has 0 nitrogen and oxygen atoms in total. The fourth-order valence-electron chi connectivity index (χ4n) is 0.781. The topological polar surface area (TPSA) is 0 Å². The van der Waals surface area contributed by atoms with Crippen LogP contribution in [0.2, 0.25) is 0 Å². The van der Waals surface area contributed by atoms with Crippen LogP contribution in [0.25, 0.3) is 0 Å². The second-order valence-electron chi connectivity index (χ2n) is 2.24. The van der Waals surface area contributed by atoms with Gasteiger partial charge in [-0.1, -0.05) is 23.6 Å². The van der Waals surface area contributed by atoms with Gasteiger partial charge in [0.25, 0.3) is 0 Å². The Morgan fingerprint density at radius 2 is 1.58 bits per heavy atom. The zero-order valence-corrected chi connectivity index (χ0v) is 8.44. The van der Waals surface area contributed by atoms with E-state index in [2.05, 4.69) is 42.5 Å². The molecule has 0 bridgehead atoms. The highest BCUT2D eigenvalue weighted by molar-refractivity contribution is 6.15. The van der Waals surface area contributed by atoms with Gasteiger partial charge in [-0.15, -0.1) is 17.5 Å². The summed E-state index contributed by atoms with van der Waals surface area (Å²) < 4.78 is 0. The minimum Gasteiger partial charge on any atom is -0.130 e. The van der Waals surface area contributed by atoms with Crippen LogP contribution >= 0.6 is 11.6 Å². The van der Waals surface area contributed by atoms with Gasteiger partial charge >= 0.3 is 0 Å². The van der Waals surface area contributed by atoms with E-state index in [-0.39, 0.29) is 0 Å². The Bertz CT molecular complexity index is 261. The second kappa shape index (κ2) is 6.76. The average Bonchev–Trinajstić information content (AvgIpc) is 2.13. The summed E-state index contributed by atoms with van der Waals surface area (Å²) in [5.74, 6) is 5.84. The van der Waals surface area contributed by atoms with Crippen LogP contribution in [0.4, 0.5) is 0 Å². The molecule has 0 radical (unpaired) electrons. The van der Waals surface area contributed by atoms with Crippen LogP contribution in [0, 0.1) is 18.8 Å². The fourth-order valence-corrected chi connectivity index (χ4v) is 0.781. The average molecular weight is 181 g/mol. The van der Waals surface area contributed by atoms with Gasteiger partial charge in [0.2, 0.25) is 0 Å². The molecule has 1 aromatic rings. The Morgan fingerprint density at radius 1 is 1.08 bits per heavy atom. The molecule has 12 heavy (non-hydrogen) atoms. The quantitative estimate of drug-likeness (QED) is 0.425. The highest BCUT2D eigenvalue weighted by Gasteiger charge is 1.83. The molecule has 0 fully saturated rings. The molecule has 0 heterocycles. The monoisotopic (exact) mass is 180 g/mol. The van der Waals surface area contributed by atoms with Crippen LogP contribution in [0.3, 0.4) is 0 Å². The van der Waals surface area contributed by atoms with E-state index in [0.717, 1.165) is 5.56 Å². The Hall–Kier alpha value is -0.930. The number of alkyl halides is 1. The first-order chi connectivity index (χ1) is 5.83. The first-order valence-corrected chi connectivity index (χ1v) is 4.46. The Morgan fingerprint density at radius 3 is 2.00 bits per heavy atom. The number of hydrogen-bond acceptors (Lipinski definition) is 0. The predicted molar refractivity (Wildman–Crippen MR) is 55.5 cm³/mol. The first-order valence-electron chi connectivity index (χ1n) is 3.70. The number of aryl methyl sites for hydroxylation is 1. The first kappa shape index (κ1) is 11.1. The molecule has 0 aliphatic carbocycles. The maximum Gasteiger partial charge on any atom is 0.0245 e. The number of halogens is 1. The standard InChI is InChI=1S/C10H10.CH3Cl/c1-3-4-10-7-5-9(2)6-8-10;1-2/h5-8H,1-2H3;1H3. The maximum atomic E-state index is 4.64. The third-order valence-corrected chi connectivity index (χ3v) is 1.32. The molecule has 0 amide bonds. The van der Waals surface area contributed by atoms with E-state index in [1.54, 1.807) is 0 Å². The van der Waals surface area contributed by atoms with Crippen molar-refractivity contribution in [2.75, 3.05) is 6.38 Å². The molecule has 0 spiro atoms. The summed E-state index contributed by atoms with van der Waals surface area (Å²) >= 11 is 4.64. The van der Waals surface area contributed by atoms with Crippen molar-refractivity contribution in [1.29, 1.82) is 0 Å². The molecule has 0 unspecified atom stereocenters. The lowest BCUT2D eigenvalue weighted by Crippen LogP contribution is -1.73. The Labute approximate surface area is 79.6 Å². The lowest BCUT2D eigenvalue weighted by Gasteiger charge is -1.90. The van der Waals surface area contributed by atoms with Crippen LogP contribution in [0.1, 0.15) is 18.1 Å². The van der Waals surface area contributed by atoms with E-state index in [1.807, 2.05) is 19.1 Å². The van der Waals surface area contributed by atoms with Crippen molar-refractivity contribution in [3.63, 3.8) is 0 Å². The molecular formula is C11H13Cl. The minimum absolute atomic E-state index is 1.09. The summed E-state index contributed by atoms with van der Waals surface area (Å²) in [7, 11) is 0. The lowest BCUT2D eigenvalue weighted by molar-refractivity contribution is 1.46. The van der Waals surface area contributed by atoms with E-state index in [1.165, 1.54) is 11.9 Å². The number of benzene rings is 1. The molecule has 1 aromatic carbocycles. The van der Waals surface area contributed by atoms with Crippen molar-refractivity contribution >= 4 is 11.6 Å².